The van der Waals surface area contributed by atoms with Crippen LogP contribution in [0.4, 0.5) is 0 Å². The Hall–Kier alpha value is -2.40. The van der Waals surface area contributed by atoms with Gasteiger partial charge in [-0.2, -0.15) is 0 Å². The first-order valence-electron chi connectivity index (χ1n) is 8.11. The number of nitrogens with one attached hydrogen (secondary N) is 1. The van der Waals surface area contributed by atoms with Crippen LogP contribution in [0, 0.1) is 5.92 Å². The number of carboxylic acids is 1. The first-order chi connectivity index (χ1) is 11.5. The maximum atomic E-state index is 11.2. The normalized spacial score (nSPS) is 12.1. The lowest BCUT2D eigenvalue weighted by Gasteiger charge is -2.16. The number of hydrogen-bond acceptors (Lipinski definition) is 4. The zero-order valence-corrected chi connectivity index (χ0v) is 14.1. The number of hydrogen-bond donors (Lipinski definition) is 2. The Kier molecular flexibility index (Phi) is 6.75. The molecule has 2 rings (SSSR count). The van der Waals surface area contributed by atoms with Crippen molar-refractivity contribution < 1.29 is 14.6 Å². The van der Waals surface area contributed by atoms with Gasteiger partial charge in [0.25, 0.3) is 0 Å². The summed E-state index contributed by atoms with van der Waals surface area (Å²) in [6.45, 7) is 5.06. The van der Waals surface area contributed by atoms with E-state index in [1.807, 2.05) is 50.2 Å². The Bertz CT molecular complexity index is 627. The van der Waals surface area contributed by atoms with Crippen LogP contribution >= 0.6 is 0 Å². The van der Waals surface area contributed by atoms with Gasteiger partial charge in [-0.25, -0.2) is 0 Å². The molecule has 0 aliphatic heterocycles. The van der Waals surface area contributed by atoms with Crippen LogP contribution in [0.1, 0.15) is 31.4 Å². The average molecular weight is 328 g/mol. The van der Waals surface area contributed by atoms with E-state index in [0.29, 0.717) is 25.5 Å². The Morgan fingerprint density at radius 2 is 1.79 bits per heavy atom. The number of nitrogens with zero attached hydrogens (tertiary/aromatic N) is 1. The van der Waals surface area contributed by atoms with Crippen molar-refractivity contribution in [2.75, 3.05) is 0 Å². The standard InChI is InChI=1S/C19H24N2O3/c1-14(2)11-18(19(22)23)21-12-15-3-5-17(6-4-15)24-13-16-7-9-20-10-8-16/h3-10,14,18,21H,11-13H2,1-2H3,(H,22,23)/t18-/m0/s1. The minimum Gasteiger partial charge on any atom is -0.489 e. The quantitative estimate of drug-likeness (QED) is 0.739. The highest BCUT2D eigenvalue weighted by atomic mass is 16.5. The molecule has 0 radical (unpaired) electrons. The van der Waals surface area contributed by atoms with Gasteiger partial charge in [0.15, 0.2) is 0 Å². The topological polar surface area (TPSA) is 71.5 Å². The van der Waals surface area contributed by atoms with E-state index in [2.05, 4.69) is 10.3 Å². The molecule has 0 aliphatic rings. The average Bonchev–Trinajstić information content (AvgIpc) is 2.58. The van der Waals surface area contributed by atoms with Crippen LogP contribution in [0.5, 0.6) is 5.75 Å². The molecule has 0 amide bonds. The second-order valence-corrected chi connectivity index (χ2v) is 6.19. The molecule has 1 aromatic carbocycles. The molecule has 5 nitrogen and oxygen atoms in total. The number of pyridine rings is 1. The van der Waals surface area contributed by atoms with E-state index in [1.54, 1.807) is 12.4 Å². The Morgan fingerprint density at radius 1 is 1.12 bits per heavy atom. The Balaban J connectivity index is 1.84. The van der Waals surface area contributed by atoms with E-state index in [4.69, 9.17) is 4.74 Å². The predicted molar refractivity (Wildman–Crippen MR) is 92.7 cm³/mol. The minimum atomic E-state index is -0.805. The molecule has 0 spiro atoms. The van der Waals surface area contributed by atoms with Crippen LogP contribution in [0.2, 0.25) is 0 Å². The molecule has 1 atom stereocenters. The lowest BCUT2D eigenvalue weighted by molar-refractivity contribution is -0.140. The smallest absolute Gasteiger partial charge is 0.320 e. The summed E-state index contributed by atoms with van der Waals surface area (Å²) in [5.41, 5.74) is 2.09. The van der Waals surface area contributed by atoms with Gasteiger partial charge < -0.3 is 15.2 Å². The van der Waals surface area contributed by atoms with Gasteiger partial charge in [0, 0.05) is 18.9 Å². The third-order valence-electron chi connectivity index (χ3n) is 3.64. The third kappa shape index (κ3) is 6.01. The summed E-state index contributed by atoms with van der Waals surface area (Å²) >= 11 is 0. The highest BCUT2D eigenvalue weighted by Crippen LogP contribution is 2.14. The molecule has 24 heavy (non-hydrogen) atoms. The van der Waals surface area contributed by atoms with Gasteiger partial charge in [-0.3, -0.25) is 9.78 Å². The molecule has 0 bridgehead atoms. The minimum absolute atomic E-state index is 0.336. The summed E-state index contributed by atoms with van der Waals surface area (Å²) in [6, 6.07) is 11.0. The molecule has 128 valence electrons. The largest absolute Gasteiger partial charge is 0.489 e. The fraction of sp³-hybridized carbons (Fsp3) is 0.368. The van der Waals surface area contributed by atoms with Gasteiger partial charge in [0.05, 0.1) is 0 Å². The predicted octanol–water partition coefficient (Wildman–Crippen LogP) is 3.25. The number of rotatable bonds is 9. The van der Waals surface area contributed by atoms with Crippen molar-refractivity contribution in [3.05, 3.63) is 59.9 Å². The van der Waals surface area contributed by atoms with Crippen molar-refractivity contribution in [3.8, 4) is 5.75 Å². The van der Waals surface area contributed by atoms with Gasteiger partial charge >= 0.3 is 5.97 Å². The van der Waals surface area contributed by atoms with Gasteiger partial charge in [0.2, 0.25) is 0 Å². The summed E-state index contributed by atoms with van der Waals surface area (Å²) < 4.78 is 5.72. The molecule has 5 heteroatoms. The molecule has 0 aliphatic carbocycles. The summed E-state index contributed by atoms with van der Waals surface area (Å²) in [4.78, 5) is 15.2. The number of aromatic nitrogens is 1. The summed E-state index contributed by atoms with van der Waals surface area (Å²) in [5.74, 6) is 0.316. The fourth-order valence-corrected chi connectivity index (χ4v) is 2.33. The number of benzene rings is 1. The van der Waals surface area contributed by atoms with E-state index < -0.39 is 12.0 Å². The molecule has 1 heterocycles. The zero-order valence-electron chi connectivity index (χ0n) is 14.1. The number of aliphatic carboxylic acids is 1. The fourth-order valence-electron chi connectivity index (χ4n) is 2.33. The van der Waals surface area contributed by atoms with Crippen molar-refractivity contribution in [2.24, 2.45) is 5.92 Å². The van der Waals surface area contributed by atoms with Crippen LogP contribution < -0.4 is 10.1 Å². The molecule has 0 saturated carbocycles. The highest BCUT2D eigenvalue weighted by molar-refractivity contribution is 5.73. The van der Waals surface area contributed by atoms with Gasteiger partial charge in [-0.05, 0) is 47.7 Å². The second-order valence-electron chi connectivity index (χ2n) is 6.19. The van der Waals surface area contributed by atoms with E-state index >= 15 is 0 Å². The van der Waals surface area contributed by atoms with Crippen molar-refractivity contribution in [3.63, 3.8) is 0 Å². The van der Waals surface area contributed by atoms with Crippen molar-refractivity contribution >= 4 is 5.97 Å². The first-order valence-corrected chi connectivity index (χ1v) is 8.11. The van der Waals surface area contributed by atoms with Crippen LogP contribution in [0.25, 0.3) is 0 Å². The summed E-state index contributed by atoms with van der Waals surface area (Å²) in [5, 5.41) is 12.3. The van der Waals surface area contributed by atoms with Crippen molar-refractivity contribution in [2.45, 2.75) is 39.5 Å². The monoisotopic (exact) mass is 328 g/mol. The number of carbonyl (C=O) groups is 1. The van der Waals surface area contributed by atoms with Gasteiger partial charge in [-0.1, -0.05) is 26.0 Å². The van der Waals surface area contributed by atoms with E-state index in [0.717, 1.165) is 16.9 Å². The molecule has 2 aromatic rings. The van der Waals surface area contributed by atoms with Crippen LogP contribution in [-0.4, -0.2) is 22.1 Å². The van der Waals surface area contributed by atoms with E-state index in [9.17, 15) is 9.90 Å². The van der Waals surface area contributed by atoms with Gasteiger partial charge in [-0.15, -0.1) is 0 Å². The summed E-state index contributed by atoms with van der Waals surface area (Å²) in [7, 11) is 0. The Labute approximate surface area is 142 Å². The maximum Gasteiger partial charge on any atom is 0.320 e. The lowest BCUT2D eigenvalue weighted by Crippen LogP contribution is -2.37. The van der Waals surface area contributed by atoms with E-state index in [-0.39, 0.29) is 0 Å². The first kappa shape index (κ1) is 17.9. The van der Waals surface area contributed by atoms with Crippen LogP contribution in [-0.2, 0) is 17.9 Å². The van der Waals surface area contributed by atoms with Crippen LogP contribution in [0.3, 0.4) is 0 Å². The second kappa shape index (κ2) is 9.03. The number of carboxylic acid groups (broad SMARTS) is 1. The summed E-state index contributed by atoms with van der Waals surface area (Å²) in [6.07, 6.45) is 4.09. The molecule has 1 aromatic heterocycles. The Morgan fingerprint density at radius 3 is 2.38 bits per heavy atom. The van der Waals surface area contributed by atoms with Crippen molar-refractivity contribution in [1.29, 1.82) is 0 Å². The van der Waals surface area contributed by atoms with Gasteiger partial charge in [0.1, 0.15) is 18.4 Å². The van der Waals surface area contributed by atoms with Crippen LogP contribution in [0.15, 0.2) is 48.8 Å². The maximum absolute atomic E-state index is 11.2. The van der Waals surface area contributed by atoms with Crippen molar-refractivity contribution in [1.82, 2.24) is 10.3 Å². The molecule has 0 unspecified atom stereocenters. The molecule has 0 fully saturated rings. The third-order valence-corrected chi connectivity index (χ3v) is 3.64. The number of ether oxygens (including phenoxy) is 1. The van der Waals surface area contributed by atoms with E-state index in [1.165, 1.54) is 0 Å². The molecular formula is C19H24N2O3. The molecule has 0 saturated heterocycles. The SMILES string of the molecule is CC(C)C[C@H](NCc1ccc(OCc2ccncc2)cc1)C(=O)O. The molecule has 2 N–H and O–H groups in total. The molecular weight excluding hydrogens is 304 g/mol. The highest BCUT2D eigenvalue weighted by Gasteiger charge is 2.17. The zero-order chi connectivity index (χ0) is 17.4. The lowest BCUT2D eigenvalue weighted by atomic mass is 10.0.